The van der Waals surface area contributed by atoms with E-state index in [1.54, 1.807) is 0 Å². The summed E-state index contributed by atoms with van der Waals surface area (Å²) in [5.41, 5.74) is 1.24. The quantitative estimate of drug-likeness (QED) is 0.560. The van der Waals surface area contributed by atoms with E-state index in [9.17, 15) is 0 Å². The molecule has 89 valence electrons. The van der Waals surface area contributed by atoms with Gasteiger partial charge >= 0.3 is 0 Å². The molecular weight excluding hydrogens is 243 g/mol. The van der Waals surface area contributed by atoms with Gasteiger partial charge in [-0.05, 0) is 35.7 Å². The summed E-state index contributed by atoms with van der Waals surface area (Å²) in [5, 5.41) is 8.69. The number of rotatable bonds is 2. The van der Waals surface area contributed by atoms with Crippen molar-refractivity contribution in [2.24, 2.45) is 0 Å². The van der Waals surface area contributed by atoms with Crippen molar-refractivity contribution in [1.82, 2.24) is 4.98 Å². The molecule has 0 unspecified atom stereocenters. The van der Waals surface area contributed by atoms with Crippen LogP contribution in [0.2, 0.25) is 0 Å². The Hall–Kier alpha value is -1.09. The minimum absolute atomic E-state index is 0. The smallest absolute Gasteiger partial charge is 0.0429 e. The molecule has 0 bridgehead atoms. The van der Waals surface area contributed by atoms with E-state index in [2.05, 4.69) is 46.7 Å². The first-order chi connectivity index (χ1) is 8.92. The largest absolute Gasteiger partial charge is 0.382 e. The van der Waals surface area contributed by atoms with E-state index in [-0.39, 0.29) is 29.6 Å². The standard InChI is InChI=1S/C16H14N2.Na/c1-2-4-13-11(3-1)9-16(18-12-5-6-12)14-7-8-17-10-15(13)14;/h1-4,7-10,12,18H,5-6H2;. The topological polar surface area (TPSA) is 24.9 Å². The van der Waals surface area contributed by atoms with Gasteiger partial charge in [0.25, 0.3) is 0 Å². The molecule has 1 aliphatic rings. The zero-order valence-electron chi connectivity index (χ0n) is 11.1. The number of fused-ring (bicyclic) bond motifs is 3. The first-order valence-corrected chi connectivity index (χ1v) is 6.44. The Morgan fingerprint density at radius 3 is 2.68 bits per heavy atom. The van der Waals surface area contributed by atoms with E-state index in [1.807, 2.05) is 12.4 Å². The number of aromatic nitrogens is 1. The number of benzene rings is 2. The Balaban J connectivity index is 0.00000110. The van der Waals surface area contributed by atoms with Crippen LogP contribution in [0.15, 0.2) is 48.8 Å². The van der Waals surface area contributed by atoms with Crippen LogP contribution in [0.1, 0.15) is 12.8 Å². The molecule has 1 aromatic heterocycles. The van der Waals surface area contributed by atoms with Gasteiger partial charge in [0.2, 0.25) is 0 Å². The van der Waals surface area contributed by atoms with Crippen molar-refractivity contribution < 1.29 is 0 Å². The summed E-state index contributed by atoms with van der Waals surface area (Å²) in [6.07, 6.45) is 6.42. The molecule has 1 fully saturated rings. The van der Waals surface area contributed by atoms with Crippen LogP contribution in [0.25, 0.3) is 21.5 Å². The SMILES string of the molecule is [Na].c1ccc2c(c1)cc(NC1CC1)c1ccncc12. The van der Waals surface area contributed by atoms with Crippen LogP contribution >= 0.6 is 0 Å². The van der Waals surface area contributed by atoms with Gasteiger partial charge in [0.05, 0.1) is 0 Å². The summed E-state index contributed by atoms with van der Waals surface area (Å²) in [4.78, 5) is 4.27. The molecule has 19 heavy (non-hydrogen) atoms. The molecule has 0 spiro atoms. The van der Waals surface area contributed by atoms with Gasteiger partial charge in [0.15, 0.2) is 0 Å². The number of hydrogen-bond acceptors (Lipinski definition) is 2. The van der Waals surface area contributed by atoms with E-state index in [0.29, 0.717) is 6.04 Å². The Labute approximate surface area is 134 Å². The molecular formula is C16H14N2Na. The van der Waals surface area contributed by atoms with Crippen molar-refractivity contribution in [3.05, 3.63) is 48.8 Å². The molecule has 1 aliphatic carbocycles. The Bertz CT molecular complexity index is 735. The van der Waals surface area contributed by atoms with Crippen LogP contribution in [0.4, 0.5) is 5.69 Å². The van der Waals surface area contributed by atoms with Gasteiger partial charge in [0.1, 0.15) is 0 Å². The van der Waals surface area contributed by atoms with Crippen molar-refractivity contribution in [2.45, 2.75) is 18.9 Å². The van der Waals surface area contributed by atoms with Crippen LogP contribution < -0.4 is 5.32 Å². The Morgan fingerprint density at radius 1 is 1.00 bits per heavy atom. The summed E-state index contributed by atoms with van der Waals surface area (Å²) in [5.74, 6) is 0. The second-order valence-corrected chi connectivity index (χ2v) is 4.99. The zero-order chi connectivity index (χ0) is 11.9. The third kappa shape index (κ3) is 2.36. The summed E-state index contributed by atoms with van der Waals surface area (Å²) < 4.78 is 0. The minimum Gasteiger partial charge on any atom is -0.382 e. The average Bonchev–Trinajstić information content (AvgIpc) is 3.23. The molecule has 1 heterocycles. The maximum absolute atomic E-state index is 4.27. The summed E-state index contributed by atoms with van der Waals surface area (Å²) >= 11 is 0. The van der Waals surface area contributed by atoms with Gasteiger partial charge in [-0.3, -0.25) is 4.98 Å². The van der Waals surface area contributed by atoms with E-state index in [0.717, 1.165) is 0 Å². The third-order valence-electron chi connectivity index (χ3n) is 3.60. The second kappa shape index (κ2) is 5.12. The van der Waals surface area contributed by atoms with E-state index in [4.69, 9.17) is 0 Å². The number of anilines is 1. The molecule has 0 aliphatic heterocycles. The number of nitrogens with one attached hydrogen (secondary N) is 1. The monoisotopic (exact) mass is 257 g/mol. The average molecular weight is 257 g/mol. The van der Waals surface area contributed by atoms with E-state index in [1.165, 1.54) is 40.1 Å². The Morgan fingerprint density at radius 2 is 1.84 bits per heavy atom. The van der Waals surface area contributed by atoms with Crippen LogP contribution in [-0.4, -0.2) is 40.6 Å². The molecule has 0 saturated heterocycles. The van der Waals surface area contributed by atoms with Crippen molar-refractivity contribution in [3.8, 4) is 0 Å². The molecule has 2 nitrogen and oxygen atoms in total. The maximum Gasteiger partial charge on any atom is 0.0429 e. The third-order valence-corrected chi connectivity index (χ3v) is 3.60. The molecule has 0 amide bonds. The fraction of sp³-hybridized carbons (Fsp3) is 0.188. The van der Waals surface area contributed by atoms with Gasteiger partial charge in [0, 0.05) is 64.5 Å². The molecule has 3 heteroatoms. The van der Waals surface area contributed by atoms with Crippen molar-refractivity contribution in [1.29, 1.82) is 0 Å². The van der Waals surface area contributed by atoms with Crippen LogP contribution in [0.5, 0.6) is 0 Å². The first kappa shape index (κ1) is 12.9. The van der Waals surface area contributed by atoms with E-state index < -0.39 is 0 Å². The van der Waals surface area contributed by atoms with Gasteiger partial charge in [-0.15, -0.1) is 0 Å². The predicted molar refractivity (Wildman–Crippen MR) is 81.6 cm³/mol. The van der Waals surface area contributed by atoms with Crippen LogP contribution in [0, 0.1) is 0 Å². The number of pyridine rings is 1. The fourth-order valence-electron chi connectivity index (χ4n) is 2.51. The first-order valence-electron chi connectivity index (χ1n) is 6.44. The zero-order valence-corrected chi connectivity index (χ0v) is 13.1. The maximum atomic E-state index is 4.27. The summed E-state index contributed by atoms with van der Waals surface area (Å²) in [7, 11) is 0. The predicted octanol–water partition coefficient (Wildman–Crippen LogP) is 3.58. The van der Waals surface area contributed by atoms with Crippen molar-refractivity contribution in [2.75, 3.05) is 5.32 Å². The van der Waals surface area contributed by atoms with Gasteiger partial charge < -0.3 is 5.32 Å². The minimum atomic E-state index is 0. The molecule has 1 saturated carbocycles. The number of nitrogens with zero attached hydrogens (tertiary/aromatic N) is 1. The van der Waals surface area contributed by atoms with Gasteiger partial charge in [-0.1, -0.05) is 24.3 Å². The second-order valence-electron chi connectivity index (χ2n) is 4.99. The molecule has 3 aromatic rings. The molecule has 1 N–H and O–H groups in total. The summed E-state index contributed by atoms with van der Waals surface area (Å²) in [6.45, 7) is 0. The normalized spacial score (nSPS) is 14.3. The molecule has 2 aromatic carbocycles. The van der Waals surface area contributed by atoms with Crippen LogP contribution in [0.3, 0.4) is 0 Å². The van der Waals surface area contributed by atoms with Gasteiger partial charge in [-0.2, -0.15) is 0 Å². The fourth-order valence-corrected chi connectivity index (χ4v) is 2.51. The molecule has 1 radical (unpaired) electrons. The number of hydrogen-bond donors (Lipinski definition) is 1. The Kier molecular flexibility index (Phi) is 3.48. The van der Waals surface area contributed by atoms with Crippen LogP contribution in [-0.2, 0) is 0 Å². The summed E-state index contributed by atoms with van der Waals surface area (Å²) in [6, 6.07) is 13.5. The van der Waals surface area contributed by atoms with Crippen molar-refractivity contribution in [3.63, 3.8) is 0 Å². The van der Waals surface area contributed by atoms with Crippen molar-refractivity contribution >= 4 is 56.8 Å². The van der Waals surface area contributed by atoms with Gasteiger partial charge in [-0.25, -0.2) is 0 Å². The molecule has 0 atom stereocenters. The molecule has 4 rings (SSSR count). The van der Waals surface area contributed by atoms with E-state index >= 15 is 0 Å².